The molecule has 0 N–H and O–H groups in total. The number of hydrogen-bond acceptors (Lipinski definition) is 5. The van der Waals surface area contributed by atoms with Crippen LogP contribution < -0.4 is 4.90 Å². The molecule has 0 bridgehead atoms. The van der Waals surface area contributed by atoms with Crippen LogP contribution in [-0.2, 0) is 0 Å². The summed E-state index contributed by atoms with van der Waals surface area (Å²) in [5.41, 5.74) is 1.95. The predicted octanol–water partition coefficient (Wildman–Crippen LogP) is 3.87. The third-order valence-electron chi connectivity index (χ3n) is 3.86. The lowest BCUT2D eigenvalue weighted by Crippen LogP contribution is -2.21. The van der Waals surface area contributed by atoms with Crippen LogP contribution >= 0.6 is 11.3 Å². The molecule has 0 unspecified atom stereocenters. The van der Waals surface area contributed by atoms with Gasteiger partial charge in [0.2, 0.25) is 0 Å². The van der Waals surface area contributed by atoms with E-state index in [-0.39, 0.29) is 0 Å². The lowest BCUT2D eigenvalue weighted by molar-refractivity contribution is 0.897. The maximum Gasteiger partial charge on any atom is 0.193 e. The van der Waals surface area contributed by atoms with E-state index >= 15 is 0 Å². The molecule has 1 aromatic carbocycles. The summed E-state index contributed by atoms with van der Waals surface area (Å²) < 4.78 is 0. The van der Waals surface area contributed by atoms with Gasteiger partial charge in [-0.2, -0.15) is 0 Å². The number of anilines is 1. The number of hydrogen-bond donors (Lipinski definition) is 0. The van der Waals surface area contributed by atoms with Gasteiger partial charge in [0, 0.05) is 18.7 Å². The first-order chi connectivity index (χ1) is 10.9. The van der Waals surface area contributed by atoms with Crippen LogP contribution in [0.2, 0.25) is 0 Å². The van der Waals surface area contributed by atoms with Crippen molar-refractivity contribution in [3.05, 3.63) is 47.8 Å². The summed E-state index contributed by atoms with van der Waals surface area (Å²) >= 11 is 1.65. The van der Waals surface area contributed by atoms with E-state index in [9.17, 15) is 0 Å². The summed E-state index contributed by atoms with van der Waals surface area (Å²) in [7, 11) is 0. The van der Waals surface area contributed by atoms with Crippen LogP contribution in [0, 0.1) is 0 Å². The summed E-state index contributed by atoms with van der Waals surface area (Å²) in [6, 6.07) is 14.3. The molecule has 0 atom stereocenters. The molecule has 1 saturated heterocycles. The first-order valence-corrected chi connectivity index (χ1v) is 8.39. The second-order valence-corrected chi connectivity index (χ2v) is 6.29. The summed E-state index contributed by atoms with van der Waals surface area (Å²) in [5, 5.41) is 10.9. The Balaban J connectivity index is 1.83. The topological polar surface area (TPSA) is 41.9 Å². The van der Waals surface area contributed by atoms with Crippen LogP contribution in [-0.4, -0.2) is 28.3 Å². The number of benzene rings is 1. The Bertz CT molecular complexity index is 750. The van der Waals surface area contributed by atoms with Crippen LogP contribution in [0.1, 0.15) is 12.8 Å². The van der Waals surface area contributed by atoms with Crippen LogP contribution in [0.15, 0.2) is 47.8 Å². The molecule has 110 valence electrons. The molecule has 22 heavy (non-hydrogen) atoms. The summed E-state index contributed by atoms with van der Waals surface area (Å²) in [4.78, 5) is 8.23. The molecule has 1 aliphatic rings. The van der Waals surface area contributed by atoms with E-state index in [0.29, 0.717) is 0 Å². The van der Waals surface area contributed by atoms with Crippen molar-refractivity contribution >= 4 is 17.2 Å². The zero-order valence-electron chi connectivity index (χ0n) is 12.1. The highest BCUT2D eigenvalue weighted by Crippen LogP contribution is 2.31. The minimum absolute atomic E-state index is 0.719. The van der Waals surface area contributed by atoms with Crippen molar-refractivity contribution < 1.29 is 0 Å². The third-order valence-corrected chi connectivity index (χ3v) is 4.73. The van der Waals surface area contributed by atoms with Crippen molar-refractivity contribution in [3.8, 4) is 22.0 Å². The molecule has 0 aliphatic carbocycles. The molecule has 1 fully saturated rings. The molecule has 0 amide bonds. The molecule has 2 aromatic heterocycles. The fourth-order valence-electron chi connectivity index (χ4n) is 2.76. The monoisotopic (exact) mass is 308 g/mol. The fraction of sp³-hybridized carbons (Fsp3) is 0.235. The van der Waals surface area contributed by atoms with Gasteiger partial charge in [-0.15, -0.1) is 21.5 Å². The van der Waals surface area contributed by atoms with Crippen molar-refractivity contribution in [2.75, 3.05) is 18.0 Å². The van der Waals surface area contributed by atoms with Crippen molar-refractivity contribution in [2.45, 2.75) is 12.8 Å². The van der Waals surface area contributed by atoms with Gasteiger partial charge >= 0.3 is 0 Å². The molecule has 4 nitrogen and oxygen atoms in total. The molecular weight excluding hydrogens is 292 g/mol. The molecule has 5 heteroatoms. The van der Waals surface area contributed by atoms with Gasteiger partial charge in [0.1, 0.15) is 5.69 Å². The highest BCUT2D eigenvalue weighted by Gasteiger charge is 2.21. The van der Waals surface area contributed by atoms with Crippen LogP contribution in [0.25, 0.3) is 22.0 Å². The number of nitrogens with zero attached hydrogens (tertiary/aromatic N) is 4. The van der Waals surface area contributed by atoms with E-state index in [2.05, 4.69) is 27.2 Å². The highest BCUT2D eigenvalue weighted by molar-refractivity contribution is 7.13. The first-order valence-electron chi connectivity index (χ1n) is 7.51. The zero-order chi connectivity index (χ0) is 14.8. The van der Waals surface area contributed by atoms with Gasteiger partial charge in [0.25, 0.3) is 0 Å². The Morgan fingerprint density at radius 1 is 0.909 bits per heavy atom. The zero-order valence-corrected chi connectivity index (χ0v) is 13.0. The Kier molecular flexibility index (Phi) is 3.56. The number of rotatable bonds is 3. The van der Waals surface area contributed by atoms with E-state index in [1.54, 1.807) is 11.3 Å². The van der Waals surface area contributed by atoms with Gasteiger partial charge < -0.3 is 4.90 Å². The summed E-state index contributed by atoms with van der Waals surface area (Å²) in [6.45, 7) is 2.09. The first kappa shape index (κ1) is 13.4. The van der Waals surface area contributed by atoms with E-state index in [0.717, 1.165) is 40.9 Å². The van der Waals surface area contributed by atoms with Gasteiger partial charge in [0.05, 0.1) is 4.88 Å². The third kappa shape index (κ3) is 2.48. The predicted molar refractivity (Wildman–Crippen MR) is 90.0 cm³/mol. The van der Waals surface area contributed by atoms with Crippen molar-refractivity contribution in [3.63, 3.8) is 0 Å². The average molecular weight is 308 g/mol. The normalized spacial score (nSPS) is 14.5. The summed E-state index contributed by atoms with van der Waals surface area (Å²) in [6.07, 6.45) is 2.43. The molecule has 3 aromatic rings. The van der Waals surface area contributed by atoms with Gasteiger partial charge in [-0.25, -0.2) is 4.98 Å². The standard InChI is InChI=1S/C17H16N4S/c1-2-7-13(8-3-1)15-17(21-10-4-5-11-21)18-16(20-19-15)14-9-6-12-22-14/h1-3,6-9,12H,4-5,10-11H2. The van der Waals surface area contributed by atoms with Gasteiger partial charge in [-0.1, -0.05) is 36.4 Å². The van der Waals surface area contributed by atoms with Crippen LogP contribution in [0.4, 0.5) is 5.82 Å². The number of aromatic nitrogens is 3. The Morgan fingerprint density at radius 2 is 1.73 bits per heavy atom. The number of thiophene rings is 1. The van der Waals surface area contributed by atoms with E-state index in [1.165, 1.54) is 12.8 Å². The molecule has 1 aliphatic heterocycles. The lowest BCUT2D eigenvalue weighted by atomic mass is 10.1. The minimum atomic E-state index is 0.719. The quantitative estimate of drug-likeness (QED) is 0.736. The average Bonchev–Trinajstić information content (AvgIpc) is 3.29. The lowest BCUT2D eigenvalue weighted by Gasteiger charge is -2.19. The smallest absolute Gasteiger partial charge is 0.193 e. The van der Waals surface area contributed by atoms with E-state index in [1.807, 2.05) is 35.7 Å². The molecule has 0 radical (unpaired) electrons. The second-order valence-electron chi connectivity index (χ2n) is 5.35. The van der Waals surface area contributed by atoms with Crippen LogP contribution in [0.5, 0.6) is 0 Å². The summed E-state index contributed by atoms with van der Waals surface area (Å²) in [5.74, 6) is 1.68. The van der Waals surface area contributed by atoms with E-state index in [4.69, 9.17) is 4.98 Å². The van der Waals surface area contributed by atoms with Crippen LogP contribution in [0.3, 0.4) is 0 Å². The second kappa shape index (κ2) is 5.85. The minimum Gasteiger partial charge on any atom is -0.355 e. The maximum atomic E-state index is 4.84. The molecule has 4 rings (SSSR count). The molecule has 0 spiro atoms. The maximum absolute atomic E-state index is 4.84. The Labute approximate surface area is 133 Å². The van der Waals surface area contributed by atoms with Gasteiger partial charge in [0.15, 0.2) is 11.6 Å². The Hall–Kier alpha value is -2.27. The highest BCUT2D eigenvalue weighted by atomic mass is 32.1. The fourth-order valence-corrected chi connectivity index (χ4v) is 3.41. The SMILES string of the molecule is c1ccc(-c2nnc(-c3cccs3)nc2N2CCCC2)cc1. The molecule has 0 saturated carbocycles. The van der Waals surface area contributed by atoms with E-state index < -0.39 is 0 Å². The molecular formula is C17H16N4S. The van der Waals surface area contributed by atoms with Gasteiger partial charge in [-0.05, 0) is 24.3 Å². The Morgan fingerprint density at radius 3 is 2.45 bits per heavy atom. The van der Waals surface area contributed by atoms with Crippen molar-refractivity contribution in [1.82, 2.24) is 15.2 Å². The van der Waals surface area contributed by atoms with Crippen molar-refractivity contribution in [1.29, 1.82) is 0 Å². The van der Waals surface area contributed by atoms with Gasteiger partial charge in [-0.3, -0.25) is 0 Å². The largest absolute Gasteiger partial charge is 0.355 e. The molecule has 3 heterocycles. The van der Waals surface area contributed by atoms with Crippen molar-refractivity contribution in [2.24, 2.45) is 0 Å².